The number of halogens is 1. The largest absolute Gasteiger partial charge is 0.337 e. The van der Waals surface area contributed by atoms with Crippen molar-refractivity contribution in [3.05, 3.63) is 12.3 Å². The van der Waals surface area contributed by atoms with Crippen molar-refractivity contribution in [2.24, 2.45) is 5.41 Å². The van der Waals surface area contributed by atoms with Crippen molar-refractivity contribution in [2.75, 3.05) is 12.4 Å². The molecule has 3 nitrogen and oxygen atoms in total. The maximum Gasteiger partial charge on any atom is 0.318 e. The van der Waals surface area contributed by atoms with Gasteiger partial charge in [0.1, 0.15) is 0 Å². The highest BCUT2D eigenvalue weighted by molar-refractivity contribution is 6.18. The van der Waals surface area contributed by atoms with Gasteiger partial charge in [0.05, 0.1) is 0 Å². The van der Waals surface area contributed by atoms with Gasteiger partial charge in [0.2, 0.25) is 0 Å². The van der Waals surface area contributed by atoms with Crippen LogP contribution in [0.15, 0.2) is 12.3 Å². The van der Waals surface area contributed by atoms with E-state index in [4.69, 9.17) is 11.6 Å². The van der Waals surface area contributed by atoms with Gasteiger partial charge >= 0.3 is 6.03 Å². The van der Waals surface area contributed by atoms with Crippen LogP contribution in [0.25, 0.3) is 0 Å². The van der Waals surface area contributed by atoms with Crippen LogP contribution in [-0.2, 0) is 0 Å². The van der Waals surface area contributed by atoms with E-state index in [2.05, 4.69) is 31.4 Å². The van der Waals surface area contributed by atoms with Crippen LogP contribution >= 0.6 is 11.6 Å². The summed E-state index contributed by atoms with van der Waals surface area (Å²) >= 11 is 5.39. The first-order chi connectivity index (χ1) is 5.95. The zero-order chi connectivity index (χ0) is 10.3. The van der Waals surface area contributed by atoms with Crippen molar-refractivity contribution < 1.29 is 4.79 Å². The third-order valence-corrected chi connectivity index (χ3v) is 1.37. The standard InChI is InChI=1S/C9H17ClN2O/c1-9(2,3)4-6-11-8(13)12-7-5-10/h4,6H,5,7H2,1-3H3,(H2,11,12,13)/b6-4+. The summed E-state index contributed by atoms with van der Waals surface area (Å²) in [4.78, 5) is 11.0. The SMILES string of the molecule is CC(C)(C)/C=C/NC(=O)NCCCl. The minimum absolute atomic E-state index is 0.0831. The summed E-state index contributed by atoms with van der Waals surface area (Å²) in [6.07, 6.45) is 3.57. The molecule has 0 rings (SSSR count). The molecule has 0 saturated heterocycles. The van der Waals surface area contributed by atoms with E-state index < -0.39 is 0 Å². The molecule has 0 fully saturated rings. The molecule has 13 heavy (non-hydrogen) atoms. The van der Waals surface area contributed by atoms with Gasteiger partial charge in [-0.2, -0.15) is 0 Å². The van der Waals surface area contributed by atoms with Crippen LogP contribution < -0.4 is 10.6 Å². The van der Waals surface area contributed by atoms with Gasteiger partial charge in [0.25, 0.3) is 0 Å². The van der Waals surface area contributed by atoms with Gasteiger partial charge in [0.15, 0.2) is 0 Å². The summed E-state index contributed by atoms with van der Waals surface area (Å²) in [7, 11) is 0. The monoisotopic (exact) mass is 204 g/mol. The number of carbonyl (C=O) groups is 1. The van der Waals surface area contributed by atoms with Crippen LogP contribution in [0.4, 0.5) is 4.79 Å². The molecule has 2 amide bonds. The van der Waals surface area contributed by atoms with Crippen molar-refractivity contribution in [2.45, 2.75) is 20.8 Å². The Bertz CT molecular complexity index is 185. The first kappa shape index (κ1) is 12.3. The molecule has 0 aliphatic rings. The van der Waals surface area contributed by atoms with E-state index in [9.17, 15) is 4.79 Å². The van der Waals surface area contributed by atoms with Gasteiger partial charge in [-0.05, 0) is 5.41 Å². The number of hydrogen-bond donors (Lipinski definition) is 2. The van der Waals surface area contributed by atoms with E-state index in [0.29, 0.717) is 12.4 Å². The second-order valence-electron chi connectivity index (χ2n) is 3.79. The maximum absolute atomic E-state index is 11.0. The molecule has 0 aliphatic heterocycles. The van der Waals surface area contributed by atoms with Crippen molar-refractivity contribution >= 4 is 17.6 Å². The Hall–Kier alpha value is -0.700. The van der Waals surface area contributed by atoms with E-state index in [1.54, 1.807) is 6.20 Å². The summed E-state index contributed by atoms with van der Waals surface area (Å²) in [5.41, 5.74) is 0.0831. The van der Waals surface area contributed by atoms with Crippen LogP contribution in [0.1, 0.15) is 20.8 Å². The topological polar surface area (TPSA) is 41.1 Å². The summed E-state index contributed by atoms with van der Waals surface area (Å²) < 4.78 is 0. The summed E-state index contributed by atoms with van der Waals surface area (Å²) in [5.74, 6) is 0.427. The molecule has 2 N–H and O–H groups in total. The summed E-state index contributed by atoms with van der Waals surface area (Å²) in [5, 5.41) is 5.17. The number of alkyl halides is 1. The predicted molar refractivity (Wildman–Crippen MR) is 55.8 cm³/mol. The number of amides is 2. The van der Waals surface area contributed by atoms with Gasteiger partial charge in [-0.25, -0.2) is 4.79 Å². The molecule has 0 saturated carbocycles. The molecule has 76 valence electrons. The highest BCUT2D eigenvalue weighted by atomic mass is 35.5. The lowest BCUT2D eigenvalue weighted by atomic mass is 9.97. The lowest BCUT2D eigenvalue weighted by molar-refractivity contribution is 0.244. The molecule has 0 atom stereocenters. The molecule has 0 aromatic heterocycles. The molecular weight excluding hydrogens is 188 g/mol. The third kappa shape index (κ3) is 9.21. The molecule has 0 radical (unpaired) electrons. The van der Waals surface area contributed by atoms with E-state index >= 15 is 0 Å². The van der Waals surface area contributed by atoms with Gasteiger partial charge in [-0.1, -0.05) is 26.8 Å². The second-order valence-corrected chi connectivity index (χ2v) is 4.17. The quantitative estimate of drug-likeness (QED) is 0.680. The van der Waals surface area contributed by atoms with Crippen LogP contribution in [0.2, 0.25) is 0 Å². The molecular formula is C9H17ClN2O. The predicted octanol–water partition coefficient (Wildman–Crippen LogP) is 2.08. The van der Waals surface area contributed by atoms with Crippen molar-refractivity contribution in [1.29, 1.82) is 0 Å². The fourth-order valence-corrected chi connectivity index (χ4v) is 0.674. The Morgan fingerprint density at radius 1 is 1.46 bits per heavy atom. The summed E-state index contributed by atoms with van der Waals surface area (Å²) in [6, 6.07) is -0.221. The molecule has 0 heterocycles. The van der Waals surface area contributed by atoms with Crippen LogP contribution in [-0.4, -0.2) is 18.5 Å². The van der Waals surface area contributed by atoms with Gasteiger partial charge in [-0.3, -0.25) is 0 Å². The Morgan fingerprint density at radius 3 is 2.54 bits per heavy atom. The maximum atomic E-state index is 11.0. The average Bonchev–Trinajstić information content (AvgIpc) is 1.98. The normalized spacial score (nSPS) is 11.7. The zero-order valence-corrected chi connectivity index (χ0v) is 9.11. The molecule has 0 aromatic rings. The van der Waals surface area contributed by atoms with Gasteiger partial charge < -0.3 is 10.6 Å². The highest BCUT2D eigenvalue weighted by Gasteiger charge is 2.03. The number of urea groups is 1. The average molecular weight is 205 g/mol. The Balaban J connectivity index is 3.64. The fourth-order valence-electron chi connectivity index (χ4n) is 0.579. The molecule has 0 aromatic carbocycles. The number of carbonyl (C=O) groups excluding carboxylic acids is 1. The zero-order valence-electron chi connectivity index (χ0n) is 8.36. The molecule has 0 bridgehead atoms. The first-order valence-corrected chi connectivity index (χ1v) is 4.77. The lowest BCUT2D eigenvalue weighted by Gasteiger charge is -2.11. The number of allylic oxidation sites excluding steroid dienone is 1. The number of nitrogens with one attached hydrogen (secondary N) is 2. The third-order valence-electron chi connectivity index (χ3n) is 1.18. The van der Waals surface area contributed by atoms with Crippen molar-refractivity contribution in [3.8, 4) is 0 Å². The minimum Gasteiger partial charge on any atom is -0.337 e. The minimum atomic E-state index is -0.221. The van der Waals surface area contributed by atoms with Gasteiger partial charge in [-0.15, -0.1) is 11.6 Å². The smallest absolute Gasteiger partial charge is 0.318 e. The van der Waals surface area contributed by atoms with Crippen molar-refractivity contribution in [1.82, 2.24) is 10.6 Å². The number of rotatable bonds is 3. The van der Waals surface area contributed by atoms with E-state index in [1.807, 2.05) is 6.08 Å². The van der Waals surface area contributed by atoms with E-state index in [1.165, 1.54) is 0 Å². The highest BCUT2D eigenvalue weighted by Crippen LogP contribution is 2.13. The molecule has 0 spiro atoms. The Labute approximate surface area is 84.5 Å². The molecule has 4 heteroatoms. The van der Waals surface area contributed by atoms with E-state index in [-0.39, 0.29) is 11.4 Å². The van der Waals surface area contributed by atoms with Crippen LogP contribution in [0, 0.1) is 5.41 Å². The molecule has 0 aliphatic carbocycles. The van der Waals surface area contributed by atoms with Crippen molar-refractivity contribution in [3.63, 3.8) is 0 Å². The van der Waals surface area contributed by atoms with Crippen LogP contribution in [0.5, 0.6) is 0 Å². The summed E-state index contributed by atoms with van der Waals surface area (Å²) in [6.45, 7) is 6.66. The number of hydrogen-bond acceptors (Lipinski definition) is 1. The lowest BCUT2D eigenvalue weighted by Crippen LogP contribution is -2.33. The van der Waals surface area contributed by atoms with E-state index in [0.717, 1.165) is 0 Å². The van der Waals surface area contributed by atoms with Crippen LogP contribution in [0.3, 0.4) is 0 Å². The van der Waals surface area contributed by atoms with Gasteiger partial charge in [0, 0.05) is 18.6 Å². The Morgan fingerprint density at radius 2 is 2.08 bits per heavy atom. The second kappa shape index (κ2) is 5.86. The first-order valence-electron chi connectivity index (χ1n) is 4.24. The fraction of sp³-hybridized carbons (Fsp3) is 0.667. The molecule has 0 unspecified atom stereocenters. The Kier molecular flexibility index (Phi) is 5.55.